The Morgan fingerprint density at radius 1 is 0.976 bits per heavy atom. The molecule has 0 N–H and O–H groups in total. The number of likely N-dealkylation sites (N-methyl/N-ethyl adjacent to an activating group) is 1. The van der Waals surface area contributed by atoms with E-state index < -0.39 is 17.1 Å². The molecule has 3 rings (SSSR count). The van der Waals surface area contributed by atoms with Crippen LogP contribution in [0.25, 0.3) is 0 Å². The smallest absolute Gasteiger partial charge is 0.410 e. The average molecular weight is 644 g/mol. The number of aryl methyl sites for hydroxylation is 2. The monoisotopic (exact) mass is 642 g/mol. The van der Waals surface area contributed by atoms with Crippen LogP contribution in [0.5, 0.6) is 0 Å². The van der Waals surface area contributed by atoms with E-state index in [0.717, 1.165) is 22.0 Å². The van der Waals surface area contributed by atoms with Gasteiger partial charge in [0.05, 0.1) is 11.8 Å². The Balaban J connectivity index is 1.65. The summed E-state index contributed by atoms with van der Waals surface area (Å²) in [4.78, 5) is 54.8. The second-order valence-corrected chi connectivity index (χ2v) is 12.9. The lowest BCUT2D eigenvalue weighted by Crippen LogP contribution is -2.51. The third-order valence-corrected chi connectivity index (χ3v) is 8.38. The first-order chi connectivity index (χ1) is 19.8. The van der Waals surface area contributed by atoms with Crippen molar-refractivity contribution in [2.45, 2.75) is 71.8 Å². The Labute approximate surface area is 257 Å². The van der Waals surface area contributed by atoms with Gasteiger partial charge in [0.15, 0.2) is 0 Å². The number of hydrogen-bond donors (Lipinski definition) is 0. The lowest BCUT2D eigenvalue weighted by molar-refractivity contribution is -0.154. The van der Waals surface area contributed by atoms with Crippen molar-refractivity contribution in [3.05, 3.63) is 69.7 Å². The van der Waals surface area contributed by atoms with Crippen LogP contribution in [0.1, 0.15) is 63.6 Å². The van der Waals surface area contributed by atoms with Gasteiger partial charge in [0.2, 0.25) is 5.91 Å². The second kappa shape index (κ2) is 14.8. The van der Waals surface area contributed by atoms with Gasteiger partial charge in [0.25, 0.3) is 0 Å². The lowest BCUT2D eigenvalue weighted by atomic mass is 9.73. The van der Waals surface area contributed by atoms with E-state index in [-0.39, 0.29) is 37.2 Å². The Hall–Kier alpha value is -3.20. The first-order valence-corrected chi connectivity index (χ1v) is 15.3. The van der Waals surface area contributed by atoms with Crippen LogP contribution in [0.15, 0.2) is 53.0 Å². The molecule has 9 heteroatoms. The minimum Gasteiger partial charge on any atom is -0.464 e. The Morgan fingerprint density at radius 3 is 2.19 bits per heavy atom. The number of carbonyl (C=O) groups excluding carboxylic acids is 4. The molecule has 1 saturated heterocycles. The summed E-state index contributed by atoms with van der Waals surface area (Å²) in [5.74, 6) is -0.573. The molecule has 0 radical (unpaired) electrons. The number of amides is 2. The summed E-state index contributed by atoms with van der Waals surface area (Å²) >= 11 is 3.55. The van der Waals surface area contributed by atoms with Gasteiger partial charge in [-0.05, 0) is 69.2 Å². The molecule has 1 aliphatic rings. The quantitative estimate of drug-likeness (QED) is 0.289. The van der Waals surface area contributed by atoms with Crippen molar-refractivity contribution in [3.63, 3.8) is 0 Å². The average Bonchev–Trinajstić information content (AvgIpc) is 2.95. The number of halogens is 1. The fourth-order valence-electron chi connectivity index (χ4n) is 4.94. The molecule has 0 saturated carbocycles. The van der Waals surface area contributed by atoms with E-state index in [1.807, 2.05) is 48.5 Å². The van der Waals surface area contributed by atoms with Gasteiger partial charge in [-0.25, -0.2) is 4.79 Å². The van der Waals surface area contributed by atoms with Gasteiger partial charge in [0.1, 0.15) is 24.5 Å². The second-order valence-electron chi connectivity index (χ2n) is 12.0. The predicted molar refractivity (Wildman–Crippen MR) is 165 cm³/mol. The fraction of sp³-hybridized carbons (Fsp3) is 0.515. The van der Waals surface area contributed by atoms with Gasteiger partial charge in [-0.3, -0.25) is 14.4 Å². The van der Waals surface area contributed by atoms with E-state index in [1.54, 1.807) is 25.7 Å². The van der Waals surface area contributed by atoms with Crippen molar-refractivity contribution in [3.8, 4) is 0 Å². The molecule has 2 amide bonds. The highest BCUT2D eigenvalue weighted by atomic mass is 79.9. The van der Waals surface area contributed by atoms with Gasteiger partial charge >= 0.3 is 12.1 Å². The number of rotatable bonds is 11. The van der Waals surface area contributed by atoms with Crippen LogP contribution in [0.2, 0.25) is 0 Å². The number of hydrogen-bond acceptors (Lipinski definition) is 6. The molecule has 0 aliphatic carbocycles. The van der Waals surface area contributed by atoms with Gasteiger partial charge < -0.3 is 19.3 Å². The van der Waals surface area contributed by atoms with Crippen molar-refractivity contribution in [2.75, 3.05) is 33.3 Å². The normalized spacial score (nSPS) is 14.7. The molecule has 0 atom stereocenters. The van der Waals surface area contributed by atoms with Crippen molar-refractivity contribution in [1.82, 2.24) is 9.80 Å². The molecule has 0 bridgehead atoms. The largest absolute Gasteiger partial charge is 0.464 e. The number of esters is 1. The first kappa shape index (κ1) is 33.3. The van der Waals surface area contributed by atoms with Crippen molar-refractivity contribution >= 4 is 39.7 Å². The van der Waals surface area contributed by atoms with Gasteiger partial charge in [0, 0.05) is 31.0 Å². The summed E-state index contributed by atoms with van der Waals surface area (Å²) in [5.41, 5.74) is 1.55. The van der Waals surface area contributed by atoms with Crippen LogP contribution in [-0.4, -0.2) is 72.4 Å². The maximum atomic E-state index is 13.7. The van der Waals surface area contributed by atoms with Gasteiger partial charge in [-0.2, -0.15) is 0 Å². The van der Waals surface area contributed by atoms with Gasteiger partial charge in [-0.15, -0.1) is 0 Å². The number of likely N-dealkylation sites (tertiary alicyclic amines) is 1. The van der Waals surface area contributed by atoms with E-state index in [2.05, 4.69) is 22.9 Å². The zero-order valence-corrected chi connectivity index (χ0v) is 27.0. The van der Waals surface area contributed by atoms with E-state index in [9.17, 15) is 19.2 Å². The zero-order valence-electron chi connectivity index (χ0n) is 25.4. The minimum absolute atomic E-state index is 0.0203. The number of ether oxygens (including phenoxy) is 2. The predicted octanol–water partition coefficient (Wildman–Crippen LogP) is 5.77. The summed E-state index contributed by atoms with van der Waals surface area (Å²) < 4.78 is 12.0. The standard InChI is InChI=1S/C33H43BrN2O6/c1-6-24-11-13-25(14-12-24)21-30(39)41-23-33(28(37)16-15-26-9-7-8-10-27(26)34)17-19-36(20-18-33)29(38)22-35(5)31(40)42-32(2,3)4/h7-14H,6,15-23H2,1-5H3. The molecule has 228 valence electrons. The zero-order chi connectivity index (χ0) is 30.9. The van der Waals surface area contributed by atoms with Crippen LogP contribution in [0.3, 0.4) is 0 Å². The number of benzene rings is 2. The minimum atomic E-state index is -0.878. The first-order valence-electron chi connectivity index (χ1n) is 14.5. The number of carbonyl (C=O) groups is 4. The lowest BCUT2D eigenvalue weighted by Gasteiger charge is -2.40. The molecule has 42 heavy (non-hydrogen) atoms. The molecule has 0 spiro atoms. The summed E-state index contributed by atoms with van der Waals surface area (Å²) in [7, 11) is 1.53. The third-order valence-electron chi connectivity index (χ3n) is 7.61. The topological polar surface area (TPSA) is 93.2 Å². The van der Waals surface area contributed by atoms with Crippen LogP contribution < -0.4 is 0 Å². The summed E-state index contributed by atoms with van der Waals surface area (Å²) in [6.45, 7) is 7.91. The highest BCUT2D eigenvalue weighted by Gasteiger charge is 2.43. The van der Waals surface area contributed by atoms with E-state index in [1.165, 1.54) is 17.5 Å². The molecule has 8 nitrogen and oxygen atoms in total. The number of Topliss-reactive ketones (excluding diaryl/α,β-unsaturated/α-hetero) is 1. The molecule has 2 aromatic rings. The fourth-order valence-corrected chi connectivity index (χ4v) is 5.42. The molecular formula is C33H43BrN2O6. The van der Waals surface area contributed by atoms with E-state index in [4.69, 9.17) is 9.47 Å². The van der Waals surface area contributed by atoms with E-state index >= 15 is 0 Å². The number of piperidine rings is 1. The van der Waals surface area contributed by atoms with E-state index in [0.29, 0.717) is 38.8 Å². The van der Waals surface area contributed by atoms with Crippen molar-refractivity contribution < 1.29 is 28.7 Å². The molecule has 2 aromatic carbocycles. The van der Waals surface area contributed by atoms with Crippen LogP contribution in [0, 0.1) is 5.41 Å². The van der Waals surface area contributed by atoms with Gasteiger partial charge in [-0.1, -0.05) is 65.3 Å². The van der Waals surface area contributed by atoms with Crippen molar-refractivity contribution in [2.24, 2.45) is 5.41 Å². The molecule has 1 fully saturated rings. The maximum Gasteiger partial charge on any atom is 0.410 e. The Bertz CT molecular complexity index is 1250. The van der Waals surface area contributed by atoms with Crippen LogP contribution >= 0.6 is 15.9 Å². The van der Waals surface area contributed by atoms with Crippen LogP contribution in [-0.2, 0) is 43.1 Å². The Kier molecular flexibility index (Phi) is 11.7. The summed E-state index contributed by atoms with van der Waals surface area (Å²) in [5, 5.41) is 0. The molecule has 0 unspecified atom stereocenters. The third kappa shape index (κ3) is 9.68. The van der Waals surface area contributed by atoms with Crippen LogP contribution in [0.4, 0.5) is 4.79 Å². The highest BCUT2D eigenvalue weighted by molar-refractivity contribution is 9.10. The molecular weight excluding hydrogens is 600 g/mol. The summed E-state index contributed by atoms with van der Waals surface area (Å²) in [6.07, 6.45) is 2.10. The molecule has 1 heterocycles. The van der Waals surface area contributed by atoms with Crippen molar-refractivity contribution in [1.29, 1.82) is 0 Å². The summed E-state index contributed by atoms with van der Waals surface area (Å²) in [6, 6.07) is 15.7. The Morgan fingerprint density at radius 2 is 1.60 bits per heavy atom. The number of ketones is 1. The number of nitrogens with zero attached hydrogens (tertiary/aromatic N) is 2. The maximum absolute atomic E-state index is 13.7. The SMILES string of the molecule is CCc1ccc(CC(=O)OCC2(C(=O)CCc3ccccc3Br)CCN(C(=O)CN(C)C(=O)OC(C)(C)C)CC2)cc1. The molecule has 1 aliphatic heterocycles. The highest BCUT2D eigenvalue weighted by Crippen LogP contribution is 2.35. The molecule has 0 aromatic heterocycles.